The van der Waals surface area contributed by atoms with Crippen molar-refractivity contribution < 1.29 is 14.3 Å². The zero-order valence-electron chi connectivity index (χ0n) is 18.4. The van der Waals surface area contributed by atoms with Gasteiger partial charge in [0.05, 0.1) is 16.8 Å². The van der Waals surface area contributed by atoms with E-state index in [9.17, 15) is 9.59 Å². The van der Waals surface area contributed by atoms with Crippen LogP contribution in [-0.4, -0.2) is 23.1 Å². The number of esters is 1. The highest BCUT2D eigenvalue weighted by molar-refractivity contribution is 7.17. The van der Waals surface area contributed by atoms with Gasteiger partial charge >= 0.3 is 5.97 Å². The summed E-state index contributed by atoms with van der Waals surface area (Å²) >= 11 is 4.51. The highest BCUT2D eigenvalue weighted by Crippen LogP contribution is 2.38. The second kappa shape index (κ2) is 9.97. The maximum absolute atomic E-state index is 13.5. The first-order valence-corrected chi connectivity index (χ1v) is 13.5. The minimum Gasteiger partial charge on any atom is -0.462 e. The van der Waals surface area contributed by atoms with Crippen LogP contribution in [0, 0.1) is 0 Å². The molecule has 1 amide bonds. The summed E-state index contributed by atoms with van der Waals surface area (Å²) in [5.41, 5.74) is 4.04. The molecular weight excluding hydrogens is 484 g/mol. The third kappa shape index (κ3) is 4.44. The number of hydrogen-bond donors (Lipinski definition) is 1. The van der Waals surface area contributed by atoms with Crippen molar-refractivity contribution in [3.8, 4) is 10.4 Å². The number of aryl methyl sites for hydroxylation is 2. The van der Waals surface area contributed by atoms with E-state index in [1.54, 1.807) is 29.6 Å². The molecular formula is C26H22N2O3S3. The van der Waals surface area contributed by atoms with Crippen LogP contribution in [0.5, 0.6) is 0 Å². The Bertz CT molecular complexity index is 1430. The molecule has 8 heteroatoms. The van der Waals surface area contributed by atoms with Crippen LogP contribution in [-0.2, 0) is 17.7 Å². The van der Waals surface area contributed by atoms with Crippen LogP contribution in [0.3, 0.4) is 0 Å². The molecule has 4 aromatic heterocycles. The van der Waals surface area contributed by atoms with Gasteiger partial charge in [0.15, 0.2) is 0 Å². The van der Waals surface area contributed by atoms with E-state index in [-0.39, 0.29) is 12.5 Å². The monoisotopic (exact) mass is 506 g/mol. The van der Waals surface area contributed by atoms with E-state index in [0.29, 0.717) is 22.8 Å². The van der Waals surface area contributed by atoms with Crippen molar-refractivity contribution in [3.63, 3.8) is 0 Å². The van der Waals surface area contributed by atoms with E-state index in [1.165, 1.54) is 16.9 Å². The molecule has 0 saturated heterocycles. The molecule has 0 aliphatic heterocycles. The summed E-state index contributed by atoms with van der Waals surface area (Å²) in [5.74, 6) is -0.663. The number of fused-ring (bicyclic) bond motifs is 1. The third-order valence-corrected chi connectivity index (χ3v) is 8.16. The Morgan fingerprint density at radius 2 is 1.85 bits per heavy atom. The van der Waals surface area contributed by atoms with Gasteiger partial charge in [-0.25, -0.2) is 4.79 Å². The molecule has 5 aromatic rings. The molecule has 172 valence electrons. The average molecular weight is 507 g/mol. The molecule has 5 rings (SSSR count). The molecule has 0 saturated carbocycles. The predicted molar refractivity (Wildman–Crippen MR) is 142 cm³/mol. The number of amides is 1. The molecule has 4 heterocycles. The van der Waals surface area contributed by atoms with Crippen molar-refractivity contribution in [3.05, 3.63) is 87.6 Å². The summed E-state index contributed by atoms with van der Waals surface area (Å²) in [7, 11) is 0. The van der Waals surface area contributed by atoms with E-state index in [2.05, 4.69) is 22.0 Å². The Labute approximate surface area is 209 Å². The Hall–Kier alpha value is -3.20. The fraction of sp³-hybridized carbons (Fsp3) is 0.154. The second-order valence-electron chi connectivity index (χ2n) is 7.59. The number of ether oxygens (including phenoxy) is 1. The molecule has 0 radical (unpaired) electrons. The number of nitrogens with one attached hydrogen (secondary N) is 1. The van der Waals surface area contributed by atoms with Crippen LogP contribution < -0.4 is 5.32 Å². The lowest BCUT2D eigenvalue weighted by molar-refractivity contribution is 0.0529. The Kier molecular flexibility index (Phi) is 6.62. The summed E-state index contributed by atoms with van der Waals surface area (Å²) in [6, 6.07) is 18.1. The standard InChI is InChI=1S/C26H22N2O3S3/c1-2-31-26(30)23-18(21-9-6-13-32-21)16-34-25(23)27-24(29)20-15-22-19(11-14-33-22)28(20)12-10-17-7-4-3-5-8-17/h3-9,11,13-16H,2,10,12H2,1H3,(H,27,29). The number of nitrogens with zero attached hydrogens (tertiary/aromatic N) is 1. The van der Waals surface area contributed by atoms with Crippen LogP contribution in [0.1, 0.15) is 33.3 Å². The summed E-state index contributed by atoms with van der Waals surface area (Å²) in [6.07, 6.45) is 0.816. The van der Waals surface area contributed by atoms with Crippen LogP contribution in [0.25, 0.3) is 20.7 Å². The van der Waals surface area contributed by atoms with Gasteiger partial charge in [-0.1, -0.05) is 36.4 Å². The highest BCUT2D eigenvalue weighted by Gasteiger charge is 2.25. The summed E-state index contributed by atoms with van der Waals surface area (Å²) < 4.78 is 8.44. The molecule has 0 spiro atoms. The fourth-order valence-corrected chi connectivity index (χ4v) is 6.52. The minimum atomic E-state index is -0.428. The number of hydrogen-bond acceptors (Lipinski definition) is 6. The van der Waals surface area contributed by atoms with Crippen LogP contribution in [0.15, 0.2) is 70.7 Å². The first-order valence-electron chi connectivity index (χ1n) is 10.9. The number of carbonyl (C=O) groups excluding carboxylic acids is 2. The number of anilines is 1. The normalized spacial score (nSPS) is 11.1. The van der Waals surface area contributed by atoms with Crippen LogP contribution >= 0.6 is 34.0 Å². The number of benzene rings is 1. The van der Waals surface area contributed by atoms with Gasteiger partial charge in [0.1, 0.15) is 16.3 Å². The van der Waals surface area contributed by atoms with Crippen molar-refractivity contribution in [1.29, 1.82) is 0 Å². The second-order valence-corrected chi connectivity index (χ2v) is 10.4. The predicted octanol–water partition coefficient (Wildman–Crippen LogP) is 7.16. The molecule has 0 unspecified atom stereocenters. The molecule has 0 bridgehead atoms. The lowest BCUT2D eigenvalue weighted by Gasteiger charge is -2.12. The van der Waals surface area contributed by atoms with E-state index < -0.39 is 5.97 Å². The first-order chi connectivity index (χ1) is 16.7. The van der Waals surface area contributed by atoms with Gasteiger partial charge in [-0.2, -0.15) is 0 Å². The Morgan fingerprint density at radius 1 is 1.00 bits per heavy atom. The molecule has 34 heavy (non-hydrogen) atoms. The van der Waals surface area contributed by atoms with E-state index >= 15 is 0 Å². The molecule has 5 nitrogen and oxygen atoms in total. The number of aromatic nitrogens is 1. The largest absolute Gasteiger partial charge is 0.462 e. The average Bonchev–Trinajstić information content (AvgIpc) is 3.62. The SMILES string of the molecule is CCOC(=O)c1c(-c2cccs2)csc1NC(=O)c1cc2sccc2n1CCc1ccccc1. The maximum Gasteiger partial charge on any atom is 0.341 e. The number of carbonyl (C=O) groups is 2. The minimum absolute atomic E-state index is 0.235. The lowest BCUT2D eigenvalue weighted by Crippen LogP contribution is -2.19. The smallest absolute Gasteiger partial charge is 0.341 e. The Balaban J connectivity index is 1.46. The zero-order valence-corrected chi connectivity index (χ0v) is 20.9. The Morgan fingerprint density at radius 3 is 2.62 bits per heavy atom. The number of thiophene rings is 3. The van der Waals surface area contributed by atoms with E-state index in [1.807, 2.05) is 58.6 Å². The lowest BCUT2D eigenvalue weighted by atomic mass is 10.1. The van der Waals surface area contributed by atoms with Gasteiger partial charge in [0.2, 0.25) is 0 Å². The number of rotatable bonds is 8. The highest BCUT2D eigenvalue weighted by atomic mass is 32.1. The third-order valence-electron chi connectivity index (χ3n) is 5.51. The van der Waals surface area contributed by atoms with Crippen molar-refractivity contribution in [2.45, 2.75) is 19.9 Å². The summed E-state index contributed by atoms with van der Waals surface area (Å²) in [4.78, 5) is 27.3. The van der Waals surface area contributed by atoms with Crippen LogP contribution in [0.4, 0.5) is 5.00 Å². The first kappa shape index (κ1) is 22.6. The van der Waals surface area contributed by atoms with Crippen molar-refractivity contribution in [2.24, 2.45) is 0 Å². The van der Waals surface area contributed by atoms with E-state index in [0.717, 1.165) is 27.1 Å². The van der Waals surface area contributed by atoms with Crippen LogP contribution in [0.2, 0.25) is 0 Å². The quantitative estimate of drug-likeness (QED) is 0.227. The molecule has 1 aromatic carbocycles. The maximum atomic E-state index is 13.5. The topological polar surface area (TPSA) is 60.3 Å². The molecule has 0 atom stereocenters. The van der Waals surface area contributed by atoms with Crippen molar-refractivity contribution in [1.82, 2.24) is 4.57 Å². The molecule has 0 aliphatic carbocycles. The van der Waals surface area contributed by atoms with Gasteiger partial charge in [-0.15, -0.1) is 34.0 Å². The fourth-order valence-electron chi connectivity index (χ4n) is 3.93. The van der Waals surface area contributed by atoms with E-state index in [4.69, 9.17) is 4.74 Å². The van der Waals surface area contributed by atoms with Gasteiger partial charge in [0.25, 0.3) is 5.91 Å². The molecule has 0 fully saturated rings. The molecule has 0 aliphatic rings. The zero-order chi connectivity index (χ0) is 23.5. The van der Waals surface area contributed by atoms with Gasteiger partial charge in [-0.3, -0.25) is 4.79 Å². The van der Waals surface area contributed by atoms with Gasteiger partial charge < -0.3 is 14.6 Å². The van der Waals surface area contributed by atoms with Crippen molar-refractivity contribution >= 4 is 61.1 Å². The van der Waals surface area contributed by atoms with Gasteiger partial charge in [-0.05, 0) is 47.9 Å². The van der Waals surface area contributed by atoms with Crippen molar-refractivity contribution in [2.75, 3.05) is 11.9 Å². The summed E-state index contributed by atoms with van der Waals surface area (Å²) in [5, 5.41) is 9.42. The summed E-state index contributed by atoms with van der Waals surface area (Å²) in [6.45, 7) is 2.73. The molecule has 1 N–H and O–H groups in total. The van der Waals surface area contributed by atoms with Gasteiger partial charge in [0, 0.05) is 22.4 Å².